The normalized spacial score (nSPS) is 30.1. The van der Waals surface area contributed by atoms with E-state index in [0.717, 1.165) is 12.1 Å². The summed E-state index contributed by atoms with van der Waals surface area (Å²) in [6.07, 6.45) is 6.41. The second kappa shape index (κ2) is 6.48. The first-order chi connectivity index (χ1) is 10.2. The molecule has 0 aliphatic carbocycles. The lowest BCUT2D eigenvalue weighted by molar-refractivity contribution is 0.0528. The molecule has 2 bridgehead atoms. The van der Waals surface area contributed by atoms with Gasteiger partial charge in [0, 0.05) is 18.1 Å². The second-order valence-corrected chi connectivity index (χ2v) is 6.40. The van der Waals surface area contributed by atoms with Crippen LogP contribution in [0.1, 0.15) is 37.7 Å². The van der Waals surface area contributed by atoms with Crippen molar-refractivity contribution < 1.29 is 0 Å². The van der Waals surface area contributed by atoms with Crippen LogP contribution in [0.2, 0.25) is 0 Å². The predicted octanol–water partition coefficient (Wildman–Crippen LogP) is 2.11. The van der Waals surface area contributed by atoms with Crippen molar-refractivity contribution in [2.24, 2.45) is 10.7 Å². The van der Waals surface area contributed by atoms with E-state index in [1.807, 2.05) is 18.2 Å². The van der Waals surface area contributed by atoms with E-state index in [4.69, 9.17) is 5.73 Å². The molecular weight excluding hydrogens is 260 g/mol. The lowest BCUT2D eigenvalue weighted by Gasteiger charge is -2.47. The maximum atomic E-state index is 6.06. The summed E-state index contributed by atoms with van der Waals surface area (Å²) in [6, 6.07) is 12.2. The number of hydrogen-bond acceptors (Lipinski definition) is 2. The monoisotopic (exact) mass is 286 g/mol. The number of benzene rings is 1. The van der Waals surface area contributed by atoms with Gasteiger partial charge in [-0.2, -0.15) is 0 Å². The summed E-state index contributed by atoms with van der Waals surface area (Å²) < 4.78 is 0. The Balaban J connectivity index is 1.54. The SMILES string of the molecule is CN1C2CCCC1CC(NC(N)=NCc1ccccc1)C2. The summed E-state index contributed by atoms with van der Waals surface area (Å²) in [5, 5.41) is 3.44. The maximum absolute atomic E-state index is 6.06. The highest BCUT2D eigenvalue weighted by molar-refractivity contribution is 5.78. The number of nitrogens with two attached hydrogens (primary N) is 1. The Morgan fingerprint density at radius 2 is 1.90 bits per heavy atom. The minimum atomic E-state index is 0.482. The Kier molecular flexibility index (Phi) is 4.44. The van der Waals surface area contributed by atoms with Crippen LogP contribution in [-0.4, -0.2) is 36.0 Å². The van der Waals surface area contributed by atoms with Gasteiger partial charge in [0.2, 0.25) is 0 Å². The van der Waals surface area contributed by atoms with Gasteiger partial charge >= 0.3 is 0 Å². The molecule has 0 saturated carbocycles. The zero-order chi connectivity index (χ0) is 14.7. The van der Waals surface area contributed by atoms with E-state index in [9.17, 15) is 0 Å². The van der Waals surface area contributed by atoms with Gasteiger partial charge in [-0.25, -0.2) is 4.99 Å². The van der Waals surface area contributed by atoms with Crippen LogP contribution in [0.4, 0.5) is 0 Å². The zero-order valence-electron chi connectivity index (χ0n) is 12.8. The van der Waals surface area contributed by atoms with Crippen molar-refractivity contribution in [1.29, 1.82) is 0 Å². The number of fused-ring (bicyclic) bond motifs is 2. The fourth-order valence-electron chi connectivity index (χ4n) is 3.75. The lowest BCUT2D eigenvalue weighted by Crippen LogP contribution is -2.56. The Morgan fingerprint density at radius 3 is 2.57 bits per heavy atom. The first-order valence-corrected chi connectivity index (χ1v) is 8.04. The molecule has 0 aromatic heterocycles. The van der Waals surface area contributed by atoms with E-state index in [0.29, 0.717) is 18.5 Å². The van der Waals surface area contributed by atoms with Gasteiger partial charge in [-0.3, -0.25) is 0 Å². The van der Waals surface area contributed by atoms with Crippen LogP contribution in [0.3, 0.4) is 0 Å². The van der Waals surface area contributed by atoms with Crippen molar-refractivity contribution in [2.45, 2.75) is 56.8 Å². The van der Waals surface area contributed by atoms with Gasteiger partial charge in [-0.1, -0.05) is 36.8 Å². The van der Waals surface area contributed by atoms with Gasteiger partial charge < -0.3 is 16.0 Å². The van der Waals surface area contributed by atoms with Crippen LogP contribution in [0.15, 0.2) is 35.3 Å². The third-order valence-corrected chi connectivity index (χ3v) is 4.97. The quantitative estimate of drug-likeness (QED) is 0.661. The molecule has 4 nitrogen and oxygen atoms in total. The fourth-order valence-corrected chi connectivity index (χ4v) is 3.75. The molecular formula is C17H26N4. The third-order valence-electron chi connectivity index (χ3n) is 4.97. The standard InChI is InChI=1S/C17H26N4/c1-21-15-8-5-9-16(21)11-14(10-15)20-17(18)19-12-13-6-3-2-4-7-13/h2-4,6-7,14-16H,5,8-12H2,1H3,(H3,18,19,20). The van der Waals surface area contributed by atoms with Crippen molar-refractivity contribution in [3.63, 3.8) is 0 Å². The van der Waals surface area contributed by atoms with Gasteiger partial charge in [-0.15, -0.1) is 0 Å². The van der Waals surface area contributed by atoms with Crippen LogP contribution in [-0.2, 0) is 6.54 Å². The highest BCUT2D eigenvalue weighted by atomic mass is 15.2. The molecule has 2 saturated heterocycles. The summed E-state index contributed by atoms with van der Waals surface area (Å²) in [5.41, 5.74) is 7.26. The van der Waals surface area contributed by atoms with Gasteiger partial charge in [-0.05, 0) is 38.3 Å². The molecule has 2 fully saturated rings. The molecule has 2 atom stereocenters. The highest BCUT2D eigenvalue weighted by Gasteiger charge is 2.35. The maximum Gasteiger partial charge on any atom is 0.189 e. The summed E-state index contributed by atoms with van der Waals surface area (Å²) in [7, 11) is 2.28. The van der Waals surface area contributed by atoms with Crippen molar-refractivity contribution in [3.05, 3.63) is 35.9 Å². The molecule has 114 valence electrons. The third kappa shape index (κ3) is 3.56. The summed E-state index contributed by atoms with van der Waals surface area (Å²) in [6.45, 7) is 0.652. The van der Waals surface area contributed by atoms with Crippen LogP contribution in [0.25, 0.3) is 0 Å². The smallest absolute Gasteiger partial charge is 0.189 e. The van der Waals surface area contributed by atoms with Gasteiger partial charge in [0.05, 0.1) is 6.54 Å². The van der Waals surface area contributed by atoms with Crippen LogP contribution in [0, 0.1) is 0 Å². The molecule has 3 N–H and O–H groups in total. The predicted molar refractivity (Wildman–Crippen MR) is 87.1 cm³/mol. The van der Waals surface area contributed by atoms with Crippen molar-refractivity contribution in [3.8, 4) is 0 Å². The number of hydrogen-bond donors (Lipinski definition) is 2. The van der Waals surface area contributed by atoms with Crippen molar-refractivity contribution in [1.82, 2.24) is 10.2 Å². The molecule has 3 rings (SSSR count). The number of piperidine rings is 2. The topological polar surface area (TPSA) is 53.6 Å². The molecule has 21 heavy (non-hydrogen) atoms. The van der Waals surface area contributed by atoms with E-state index in [-0.39, 0.29) is 0 Å². The molecule has 0 radical (unpaired) electrons. The molecule has 1 aromatic carbocycles. The molecule has 2 aliphatic heterocycles. The van der Waals surface area contributed by atoms with E-state index in [2.05, 4.69) is 34.4 Å². The summed E-state index contributed by atoms with van der Waals surface area (Å²) in [5.74, 6) is 0.589. The molecule has 2 unspecified atom stereocenters. The molecule has 0 amide bonds. The fraction of sp³-hybridized carbons (Fsp3) is 0.588. The van der Waals surface area contributed by atoms with Crippen molar-refractivity contribution >= 4 is 5.96 Å². The van der Waals surface area contributed by atoms with E-state index < -0.39 is 0 Å². The molecule has 4 heteroatoms. The second-order valence-electron chi connectivity index (χ2n) is 6.40. The number of rotatable bonds is 3. The van der Waals surface area contributed by atoms with Crippen LogP contribution in [0.5, 0.6) is 0 Å². The minimum Gasteiger partial charge on any atom is -0.370 e. The van der Waals surface area contributed by atoms with E-state index in [1.165, 1.54) is 37.7 Å². The Hall–Kier alpha value is -1.55. The Labute approximate surface area is 127 Å². The Morgan fingerprint density at radius 1 is 1.24 bits per heavy atom. The van der Waals surface area contributed by atoms with Crippen LogP contribution >= 0.6 is 0 Å². The number of nitrogens with zero attached hydrogens (tertiary/aromatic N) is 2. The largest absolute Gasteiger partial charge is 0.370 e. The summed E-state index contributed by atoms with van der Waals surface area (Å²) >= 11 is 0. The minimum absolute atomic E-state index is 0.482. The highest BCUT2D eigenvalue weighted by Crippen LogP contribution is 2.32. The molecule has 2 heterocycles. The number of guanidine groups is 1. The lowest BCUT2D eigenvalue weighted by atomic mass is 9.82. The summed E-state index contributed by atoms with van der Waals surface area (Å²) in [4.78, 5) is 7.04. The average Bonchev–Trinajstić information content (AvgIpc) is 2.47. The molecule has 2 aliphatic rings. The zero-order valence-corrected chi connectivity index (χ0v) is 12.8. The molecule has 0 spiro atoms. The molecule has 1 aromatic rings. The van der Waals surface area contributed by atoms with Crippen LogP contribution < -0.4 is 11.1 Å². The van der Waals surface area contributed by atoms with Gasteiger partial charge in [0.1, 0.15) is 0 Å². The van der Waals surface area contributed by atoms with Gasteiger partial charge in [0.25, 0.3) is 0 Å². The average molecular weight is 286 g/mol. The Bertz CT molecular complexity index is 471. The number of nitrogens with one attached hydrogen (secondary N) is 1. The van der Waals surface area contributed by atoms with E-state index in [1.54, 1.807) is 0 Å². The van der Waals surface area contributed by atoms with Gasteiger partial charge in [0.15, 0.2) is 5.96 Å². The van der Waals surface area contributed by atoms with Crippen molar-refractivity contribution in [2.75, 3.05) is 7.05 Å². The van der Waals surface area contributed by atoms with E-state index >= 15 is 0 Å². The first kappa shape index (κ1) is 14.4. The first-order valence-electron chi connectivity index (χ1n) is 8.04. The number of aliphatic imine (C=N–C) groups is 1.